The first kappa shape index (κ1) is 16.2. The average molecular weight is 310 g/mol. The summed E-state index contributed by atoms with van der Waals surface area (Å²) in [6, 6.07) is 7.52. The summed E-state index contributed by atoms with van der Waals surface area (Å²) in [7, 11) is 0. The molecule has 116 valence electrons. The third kappa shape index (κ3) is 5.24. The number of hydrogen-bond acceptors (Lipinski definition) is 2. The zero-order valence-corrected chi connectivity index (χ0v) is 13.4. The second-order valence-corrected chi connectivity index (χ2v) is 6.15. The summed E-state index contributed by atoms with van der Waals surface area (Å²) in [5.41, 5.74) is 0. The molecule has 0 spiro atoms. The largest absolute Gasteiger partial charge is 0.479 e. The number of para-hydroxylation sites is 1. The topological polar surface area (TPSA) is 38.3 Å². The van der Waals surface area contributed by atoms with Gasteiger partial charge in [0.15, 0.2) is 6.10 Å². The van der Waals surface area contributed by atoms with E-state index in [0.29, 0.717) is 10.8 Å². The normalized spacial score (nSPS) is 18.4. The van der Waals surface area contributed by atoms with Crippen molar-refractivity contribution in [2.75, 3.05) is 0 Å². The fraction of sp³-hybridized carbons (Fsp3) is 0.588. The van der Waals surface area contributed by atoms with Crippen LogP contribution < -0.4 is 10.1 Å². The minimum absolute atomic E-state index is 0.0551. The van der Waals surface area contributed by atoms with Crippen LogP contribution in [0, 0.1) is 0 Å². The Kier molecular flexibility index (Phi) is 6.37. The van der Waals surface area contributed by atoms with Gasteiger partial charge in [0.25, 0.3) is 5.91 Å². The van der Waals surface area contributed by atoms with Crippen molar-refractivity contribution in [3.8, 4) is 5.75 Å². The van der Waals surface area contributed by atoms with E-state index >= 15 is 0 Å². The first-order valence-electron chi connectivity index (χ1n) is 7.88. The fourth-order valence-electron chi connectivity index (χ4n) is 2.70. The van der Waals surface area contributed by atoms with Gasteiger partial charge in [0.2, 0.25) is 0 Å². The molecule has 1 amide bonds. The second-order valence-electron chi connectivity index (χ2n) is 5.74. The second kappa shape index (κ2) is 8.28. The van der Waals surface area contributed by atoms with E-state index in [9.17, 15) is 4.79 Å². The number of carbonyl (C=O) groups is 1. The van der Waals surface area contributed by atoms with Crippen molar-refractivity contribution < 1.29 is 9.53 Å². The van der Waals surface area contributed by atoms with Crippen molar-refractivity contribution in [3.63, 3.8) is 0 Å². The van der Waals surface area contributed by atoms with Gasteiger partial charge in [-0.25, -0.2) is 0 Å². The molecular formula is C17H24ClNO2. The molecule has 0 aromatic heterocycles. The van der Waals surface area contributed by atoms with Gasteiger partial charge < -0.3 is 10.1 Å². The summed E-state index contributed by atoms with van der Waals surface area (Å²) in [4.78, 5) is 12.2. The van der Waals surface area contributed by atoms with Crippen molar-refractivity contribution in [3.05, 3.63) is 29.3 Å². The number of ether oxygens (including phenoxy) is 1. The van der Waals surface area contributed by atoms with E-state index in [-0.39, 0.29) is 11.9 Å². The van der Waals surface area contributed by atoms with Crippen LogP contribution in [0.2, 0.25) is 5.02 Å². The Balaban J connectivity index is 1.85. The molecule has 21 heavy (non-hydrogen) atoms. The highest BCUT2D eigenvalue weighted by molar-refractivity contribution is 6.32. The lowest BCUT2D eigenvalue weighted by atomic mass is 9.96. The summed E-state index contributed by atoms with van der Waals surface area (Å²) >= 11 is 6.05. The summed E-state index contributed by atoms with van der Waals surface area (Å²) in [6.45, 7) is 1.77. The molecule has 0 aliphatic heterocycles. The standard InChI is InChI=1S/C17H24ClNO2/c1-13(21-16-12-8-7-11-15(16)18)17(20)19-14-9-5-3-2-4-6-10-14/h7-8,11-14H,2-6,9-10H2,1H3,(H,19,20)/t13-/m1/s1. The highest BCUT2D eigenvalue weighted by Crippen LogP contribution is 2.24. The van der Waals surface area contributed by atoms with Crippen molar-refractivity contribution in [1.29, 1.82) is 0 Å². The quantitative estimate of drug-likeness (QED) is 0.898. The molecule has 1 saturated carbocycles. The summed E-state index contributed by atoms with van der Waals surface area (Å²) in [5.74, 6) is 0.500. The van der Waals surface area contributed by atoms with Crippen LogP contribution in [-0.2, 0) is 4.79 Å². The maximum Gasteiger partial charge on any atom is 0.260 e. The summed E-state index contributed by atoms with van der Waals surface area (Å²) in [5, 5.41) is 3.65. The number of amides is 1. The highest BCUT2D eigenvalue weighted by Gasteiger charge is 2.20. The van der Waals surface area contributed by atoms with E-state index in [0.717, 1.165) is 12.8 Å². The molecule has 1 atom stereocenters. The Morgan fingerprint density at radius 1 is 1.19 bits per heavy atom. The van der Waals surface area contributed by atoms with E-state index in [1.165, 1.54) is 32.1 Å². The number of nitrogens with one attached hydrogen (secondary N) is 1. The Morgan fingerprint density at radius 3 is 2.48 bits per heavy atom. The van der Waals surface area contributed by atoms with Crippen molar-refractivity contribution >= 4 is 17.5 Å². The summed E-state index contributed by atoms with van der Waals surface area (Å²) in [6.07, 6.45) is 7.89. The lowest BCUT2D eigenvalue weighted by molar-refractivity contribution is -0.128. The Bertz CT molecular complexity index is 456. The lowest BCUT2D eigenvalue weighted by Gasteiger charge is -2.23. The van der Waals surface area contributed by atoms with Crippen LogP contribution in [0.5, 0.6) is 5.75 Å². The maximum absolute atomic E-state index is 12.2. The predicted octanol–water partition coefficient (Wildman–Crippen LogP) is 4.34. The van der Waals surface area contributed by atoms with E-state index in [1.807, 2.05) is 12.1 Å². The first-order valence-corrected chi connectivity index (χ1v) is 8.26. The van der Waals surface area contributed by atoms with Crippen LogP contribution in [0.3, 0.4) is 0 Å². The maximum atomic E-state index is 12.2. The van der Waals surface area contributed by atoms with Gasteiger partial charge in [-0.05, 0) is 31.9 Å². The Morgan fingerprint density at radius 2 is 1.81 bits per heavy atom. The van der Waals surface area contributed by atoms with Crippen molar-refractivity contribution in [1.82, 2.24) is 5.32 Å². The van der Waals surface area contributed by atoms with Gasteiger partial charge in [-0.2, -0.15) is 0 Å². The fourth-order valence-corrected chi connectivity index (χ4v) is 2.88. The molecule has 1 N–H and O–H groups in total. The van der Waals surface area contributed by atoms with Gasteiger partial charge in [0.1, 0.15) is 5.75 Å². The Labute approximate surface area is 132 Å². The lowest BCUT2D eigenvalue weighted by Crippen LogP contribution is -2.42. The van der Waals surface area contributed by atoms with E-state index in [4.69, 9.17) is 16.3 Å². The van der Waals surface area contributed by atoms with Crippen LogP contribution in [0.15, 0.2) is 24.3 Å². The van der Waals surface area contributed by atoms with Gasteiger partial charge in [-0.15, -0.1) is 0 Å². The van der Waals surface area contributed by atoms with Crippen LogP contribution in [0.1, 0.15) is 51.9 Å². The van der Waals surface area contributed by atoms with Crippen LogP contribution >= 0.6 is 11.6 Å². The molecule has 1 aromatic carbocycles. The third-order valence-electron chi connectivity index (χ3n) is 3.96. The van der Waals surface area contributed by atoms with Crippen LogP contribution in [-0.4, -0.2) is 18.1 Å². The van der Waals surface area contributed by atoms with E-state index in [1.54, 1.807) is 19.1 Å². The van der Waals surface area contributed by atoms with Crippen LogP contribution in [0.4, 0.5) is 0 Å². The zero-order valence-electron chi connectivity index (χ0n) is 12.6. The molecule has 0 bridgehead atoms. The molecule has 1 fully saturated rings. The van der Waals surface area contributed by atoms with Crippen molar-refractivity contribution in [2.45, 2.75) is 64.0 Å². The third-order valence-corrected chi connectivity index (χ3v) is 4.27. The minimum Gasteiger partial charge on any atom is -0.479 e. The number of halogens is 1. The number of rotatable bonds is 4. The van der Waals surface area contributed by atoms with Crippen molar-refractivity contribution in [2.24, 2.45) is 0 Å². The molecule has 0 heterocycles. The summed E-state index contributed by atoms with van der Waals surface area (Å²) < 4.78 is 5.66. The molecule has 0 radical (unpaired) electrons. The van der Waals surface area contributed by atoms with Crippen LogP contribution in [0.25, 0.3) is 0 Å². The number of benzene rings is 1. The smallest absolute Gasteiger partial charge is 0.260 e. The average Bonchev–Trinajstić information content (AvgIpc) is 2.44. The SMILES string of the molecule is C[C@@H](Oc1ccccc1Cl)C(=O)NC1CCCCCCC1. The first-order chi connectivity index (χ1) is 10.2. The molecular weight excluding hydrogens is 286 g/mol. The predicted molar refractivity (Wildman–Crippen MR) is 85.8 cm³/mol. The number of carbonyl (C=O) groups excluding carboxylic acids is 1. The van der Waals surface area contributed by atoms with Gasteiger partial charge in [0, 0.05) is 6.04 Å². The molecule has 0 unspecified atom stereocenters. The molecule has 1 aliphatic rings. The van der Waals surface area contributed by atoms with Gasteiger partial charge >= 0.3 is 0 Å². The molecule has 3 nitrogen and oxygen atoms in total. The number of hydrogen-bond donors (Lipinski definition) is 1. The highest BCUT2D eigenvalue weighted by atomic mass is 35.5. The Hall–Kier alpha value is -1.22. The van der Waals surface area contributed by atoms with Gasteiger partial charge in [0.05, 0.1) is 5.02 Å². The molecule has 1 aliphatic carbocycles. The van der Waals surface area contributed by atoms with E-state index in [2.05, 4.69) is 5.32 Å². The van der Waals surface area contributed by atoms with E-state index < -0.39 is 6.10 Å². The molecule has 0 saturated heterocycles. The molecule has 4 heteroatoms. The van der Waals surface area contributed by atoms with Gasteiger partial charge in [-0.1, -0.05) is 55.8 Å². The molecule has 2 rings (SSSR count). The van der Waals surface area contributed by atoms with Gasteiger partial charge in [-0.3, -0.25) is 4.79 Å². The molecule has 1 aromatic rings. The monoisotopic (exact) mass is 309 g/mol. The minimum atomic E-state index is -0.532. The zero-order chi connectivity index (χ0) is 15.1.